The number of hydrogen-bond acceptors (Lipinski definition) is 2. The molecule has 0 amide bonds. The van der Waals surface area contributed by atoms with Gasteiger partial charge in [-0.2, -0.15) is 0 Å². The maximum Gasteiger partial charge on any atom is 0.0802 e. The summed E-state index contributed by atoms with van der Waals surface area (Å²) in [6.45, 7) is 5.56. The van der Waals surface area contributed by atoms with Crippen LogP contribution in [0.2, 0.25) is 0 Å². The summed E-state index contributed by atoms with van der Waals surface area (Å²) in [6.07, 6.45) is 6.92. The highest BCUT2D eigenvalue weighted by atomic mass is 16.5. The summed E-state index contributed by atoms with van der Waals surface area (Å²) in [6, 6.07) is 0. The third-order valence-electron chi connectivity index (χ3n) is 2.32. The molecular formula is C11H22O2. The average Bonchev–Trinajstić information content (AvgIpc) is 2.16. The molecule has 1 N–H and O–H groups in total. The van der Waals surface area contributed by atoms with E-state index in [0.717, 1.165) is 19.3 Å². The van der Waals surface area contributed by atoms with Gasteiger partial charge in [0, 0.05) is 7.11 Å². The Labute approximate surface area is 81.6 Å². The molecule has 0 fully saturated rings. The molecule has 0 aromatic heterocycles. The molecule has 13 heavy (non-hydrogen) atoms. The van der Waals surface area contributed by atoms with Crippen molar-refractivity contribution >= 4 is 0 Å². The maximum absolute atomic E-state index is 9.53. The third-order valence-corrected chi connectivity index (χ3v) is 2.32. The van der Waals surface area contributed by atoms with Crippen LogP contribution in [0.4, 0.5) is 0 Å². The number of methoxy groups -OCH3 is 1. The van der Waals surface area contributed by atoms with E-state index in [4.69, 9.17) is 4.74 Å². The fourth-order valence-electron chi connectivity index (χ4n) is 1.21. The molecule has 0 aromatic rings. The molecule has 2 nitrogen and oxygen atoms in total. The fraction of sp³-hybridized carbons (Fsp3) is 0.818. The number of allylic oxidation sites excluding steroid dienone is 1. The number of aliphatic hydroxyl groups excluding tert-OH is 1. The molecule has 0 rings (SSSR count). The van der Waals surface area contributed by atoms with Gasteiger partial charge in [-0.25, -0.2) is 0 Å². The van der Waals surface area contributed by atoms with Crippen LogP contribution in [0.5, 0.6) is 0 Å². The molecule has 0 aliphatic carbocycles. The summed E-state index contributed by atoms with van der Waals surface area (Å²) >= 11 is 0. The predicted molar refractivity (Wildman–Crippen MR) is 55.8 cm³/mol. The molecule has 0 saturated heterocycles. The molecule has 2 heteroatoms. The minimum Gasteiger partial charge on any atom is -0.390 e. The zero-order chi connectivity index (χ0) is 10.1. The van der Waals surface area contributed by atoms with E-state index in [0.29, 0.717) is 0 Å². The van der Waals surface area contributed by atoms with Crippen molar-refractivity contribution in [1.29, 1.82) is 0 Å². The van der Waals surface area contributed by atoms with Gasteiger partial charge in [-0.05, 0) is 26.2 Å². The largest absolute Gasteiger partial charge is 0.390 e. The van der Waals surface area contributed by atoms with Crippen LogP contribution in [0.15, 0.2) is 12.7 Å². The Morgan fingerprint density at radius 2 is 2.08 bits per heavy atom. The molecule has 0 aliphatic rings. The molecule has 0 saturated carbocycles. The Morgan fingerprint density at radius 3 is 2.62 bits per heavy atom. The lowest BCUT2D eigenvalue weighted by Gasteiger charge is -2.16. The average molecular weight is 186 g/mol. The lowest BCUT2D eigenvalue weighted by Crippen LogP contribution is -2.24. The first-order chi connectivity index (χ1) is 6.22. The van der Waals surface area contributed by atoms with Gasteiger partial charge < -0.3 is 9.84 Å². The molecule has 0 aliphatic heterocycles. The van der Waals surface area contributed by atoms with Crippen molar-refractivity contribution in [2.75, 3.05) is 7.11 Å². The quantitative estimate of drug-likeness (QED) is 0.466. The predicted octanol–water partition coefficient (Wildman–Crippen LogP) is 2.52. The Kier molecular flexibility index (Phi) is 8.05. The highest BCUT2D eigenvalue weighted by molar-refractivity contribution is 4.67. The van der Waals surface area contributed by atoms with E-state index in [1.165, 1.54) is 12.8 Å². The summed E-state index contributed by atoms with van der Waals surface area (Å²) < 4.78 is 5.02. The van der Waals surface area contributed by atoms with Gasteiger partial charge >= 0.3 is 0 Å². The normalized spacial score (nSPS) is 15.3. The Morgan fingerprint density at radius 1 is 1.38 bits per heavy atom. The minimum atomic E-state index is -0.311. The topological polar surface area (TPSA) is 29.5 Å². The molecule has 78 valence electrons. The standard InChI is InChI=1S/C11H22O2/c1-4-5-6-7-8-9-11(12)10(2)13-3/h4,10-12H,1,5-9H2,2-3H3. The van der Waals surface area contributed by atoms with Crippen molar-refractivity contribution < 1.29 is 9.84 Å². The highest BCUT2D eigenvalue weighted by Crippen LogP contribution is 2.09. The van der Waals surface area contributed by atoms with Crippen LogP contribution in [0.1, 0.15) is 39.0 Å². The second-order valence-electron chi connectivity index (χ2n) is 3.43. The van der Waals surface area contributed by atoms with Crippen LogP contribution in [-0.4, -0.2) is 24.4 Å². The summed E-state index contributed by atoms with van der Waals surface area (Å²) in [7, 11) is 1.63. The number of aliphatic hydroxyl groups is 1. The number of rotatable bonds is 8. The molecule has 0 spiro atoms. The molecule has 2 atom stereocenters. The van der Waals surface area contributed by atoms with Crippen molar-refractivity contribution in [3.8, 4) is 0 Å². The zero-order valence-electron chi connectivity index (χ0n) is 8.83. The Hall–Kier alpha value is -0.340. The SMILES string of the molecule is C=CCCCCCC(O)C(C)OC. The van der Waals surface area contributed by atoms with E-state index in [-0.39, 0.29) is 12.2 Å². The second kappa shape index (κ2) is 8.27. The molecule has 0 heterocycles. The van der Waals surface area contributed by atoms with Gasteiger partial charge in [0.05, 0.1) is 12.2 Å². The van der Waals surface area contributed by atoms with Crippen molar-refractivity contribution in [1.82, 2.24) is 0 Å². The van der Waals surface area contributed by atoms with Gasteiger partial charge in [-0.3, -0.25) is 0 Å². The molecular weight excluding hydrogens is 164 g/mol. The molecule has 0 aromatic carbocycles. The van der Waals surface area contributed by atoms with Gasteiger partial charge in [-0.15, -0.1) is 6.58 Å². The Balaban J connectivity index is 3.26. The second-order valence-corrected chi connectivity index (χ2v) is 3.43. The lowest BCUT2D eigenvalue weighted by atomic mass is 10.1. The molecule has 0 radical (unpaired) electrons. The van der Waals surface area contributed by atoms with Gasteiger partial charge in [0.25, 0.3) is 0 Å². The summed E-state index contributed by atoms with van der Waals surface area (Å²) in [5, 5.41) is 9.53. The molecule has 2 unspecified atom stereocenters. The van der Waals surface area contributed by atoms with E-state index in [2.05, 4.69) is 6.58 Å². The van der Waals surface area contributed by atoms with Crippen LogP contribution in [0, 0.1) is 0 Å². The monoisotopic (exact) mass is 186 g/mol. The number of unbranched alkanes of at least 4 members (excludes halogenated alkanes) is 3. The third kappa shape index (κ3) is 6.79. The lowest BCUT2D eigenvalue weighted by molar-refractivity contribution is -0.00529. The first kappa shape index (κ1) is 12.7. The zero-order valence-corrected chi connectivity index (χ0v) is 8.83. The van der Waals surface area contributed by atoms with E-state index >= 15 is 0 Å². The summed E-state index contributed by atoms with van der Waals surface area (Å²) in [4.78, 5) is 0. The smallest absolute Gasteiger partial charge is 0.0802 e. The first-order valence-corrected chi connectivity index (χ1v) is 5.04. The van der Waals surface area contributed by atoms with Crippen molar-refractivity contribution in [3.63, 3.8) is 0 Å². The van der Waals surface area contributed by atoms with Gasteiger partial charge in [0.15, 0.2) is 0 Å². The van der Waals surface area contributed by atoms with E-state index in [1.54, 1.807) is 7.11 Å². The number of hydrogen-bond donors (Lipinski definition) is 1. The van der Waals surface area contributed by atoms with Crippen molar-refractivity contribution in [2.45, 2.75) is 51.2 Å². The van der Waals surface area contributed by atoms with E-state index < -0.39 is 0 Å². The van der Waals surface area contributed by atoms with Crippen LogP contribution >= 0.6 is 0 Å². The van der Waals surface area contributed by atoms with E-state index in [1.807, 2.05) is 13.0 Å². The highest BCUT2D eigenvalue weighted by Gasteiger charge is 2.11. The van der Waals surface area contributed by atoms with Gasteiger partial charge in [0.2, 0.25) is 0 Å². The van der Waals surface area contributed by atoms with Crippen LogP contribution in [0.25, 0.3) is 0 Å². The molecule has 0 bridgehead atoms. The van der Waals surface area contributed by atoms with Gasteiger partial charge in [-0.1, -0.05) is 18.9 Å². The Bertz CT molecular complexity index is 123. The number of ether oxygens (including phenoxy) is 1. The summed E-state index contributed by atoms with van der Waals surface area (Å²) in [5.74, 6) is 0. The van der Waals surface area contributed by atoms with Crippen LogP contribution in [-0.2, 0) is 4.74 Å². The minimum absolute atomic E-state index is 0.0422. The van der Waals surface area contributed by atoms with E-state index in [9.17, 15) is 5.11 Å². The van der Waals surface area contributed by atoms with Gasteiger partial charge in [0.1, 0.15) is 0 Å². The maximum atomic E-state index is 9.53. The fourth-order valence-corrected chi connectivity index (χ4v) is 1.21. The van der Waals surface area contributed by atoms with Crippen LogP contribution < -0.4 is 0 Å². The van der Waals surface area contributed by atoms with Crippen molar-refractivity contribution in [3.05, 3.63) is 12.7 Å². The van der Waals surface area contributed by atoms with Crippen molar-refractivity contribution in [2.24, 2.45) is 0 Å². The van der Waals surface area contributed by atoms with Crippen LogP contribution in [0.3, 0.4) is 0 Å². The summed E-state index contributed by atoms with van der Waals surface area (Å²) in [5.41, 5.74) is 0. The first-order valence-electron chi connectivity index (χ1n) is 5.04.